The van der Waals surface area contributed by atoms with Crippen LogP contribution in [0.2, 0.25) is 0 Å². The Morgan fingerprint density at radius 2 is 1.72 bits per heavy atom. The molecule has 0 saturated carbocycles. The Morgan fingerprint density at radius 3 is 2.44 bits per heavy atom. The van der Waals surface area contributed by atoms with E-state index in [9.17, 15) is 14.0 Å². The van der Waals surface area contributed by atoms with Crippen LogP contribution in [-0.2, 0) is 6.42 Å². The fourth-order valence-corrected chi connectivity index (χ4v) is 4.82. The van der Waals surface area contributed by atoms with Crippen LogP contribution in [0.3, 0.4) is 0 Å². The molecule has 1 aromatic heterocycles. The van der Waals surface area contributed by atoms with Gasteiger partial charge in [0.2, 0.25) is 0 Å². The number of fused-ring (bicyclic) bond motifs is 2. The summed E-state index contributed by atoms with van der Waals surface area (Å²) in [5.74, 6) is 0.822. The van der Waals surface area contributed by atoms with E-state index in [2.05, 4.69) is 4.98 Å². The lowest BCUT2D eigenvalue weighted by molar-refractivity contribution is 0.0693. The number of nitrogens with zero attached hydrogens (tertiary/aromatic N) is 1. The highest BCUT2D eigenvalue weighted by Gasteiger charge is 2.35. The Bertz CT molecular complexity index is 1530. The number of rotatable bonds is 5. The van der Waals surface area contributed by atoms with Crippen molar-refractivity contribution >= 4 is 16.8 Å². The molecule has 0 bridgehead atoms. The van der Waals surface area contributed by atoms with E-state index < -0.39 is 11.9 Å². The number of halogens is 1. The molecule has 0 radical (unpaired) electrons. The molecule has 8 heteroatoms. The number of methoxy groups -OCH3 is 3. The predicted molar refractivity (Wildman–Crippen MR) is 134 cm³/mol. The molecule has 3 aromatic carbocycles. The third kappa shape index (κ3) is 4.04. The zero-order chi connectivity index (χ0) is 25.4. The molecular formula is C28H25FN2O5. The number of H-pyrrole nitrogens is 1. The standard InChI is InChI=1S/C28H25FN2O5/c1-34-20-7-8-23-18(12-20)13-22(27(32)30-23)26-21-15-25(36-3)24(35-2)14-16(21)9-10-31(26)28(33)17-5-4-6-19(29)11-17/h4-8,11-15,26H,9-10H2,1-3H3,(H,30,32)/t26-/m0/s1. The van der Waals surface area contributed by atoms with Gasteiger partial charge in [-0.15, -0.1) is 0 Å². The van der Waals surface area contributed by atoms with Gasteiger partial charge in [-0.1, -0.05) is 6.07 Å². The lowest BCUT2D eigenvalue weighted by Crippen LogP contribution is -2.42. The summed E-state index contributed by atoms with van der Waals surface area (Å²) in [6, 6.07) is 15.7. The van der Waals surface area contributed by atoms with Crippen molar-refractivity contribution < 1.29 is 23.4 Å². The number of aromatic amines is 1. The third-order valence-electron chi connectivity index (χ3n) is 6.58. The van der Waals surface area contributed by atoms with E-state index in [-0.39, 0.29) is 17.0 Å². The van der Waals surface area contributed by atoms with Gasteiger partial charge < -0.3 is 24.1 Å². The molecule has 5 rings (SSSR count). The van der Waals surface area contributed by atoms with Crippen LogP contribution in [0, 0.1) is 5.82 Å². The van der Waals surface area contributed by atoms with Gasteiger partial charge in [-0.25, -0.2) is 4.39 Å². The number of carbonyl (C=O) groups excluding carboxylic acids is 1. The first-order valence-electron chi connectivity index (χ1n) is 11.5. The van der Waals surface area contributed by atoms with E-state index in [0.717, 1.165) is 16.5 Å². The number of nitrogens with one attached hydrogen (secondary N) is 1. The van der Waals surface area contributed by atoms with Crippen molar-refractivity contribution in [1.29, 1.82) is 0 Å². The van der Waals surface area contributed by atoms with Gasteiger partial charge in [0.1, 0.15) is 11.6 Å². The summed E-state index contributed by atoms with van der Waals surface area (Å²) in [5.41, 5.74) is 2.60. The fraction of sp³-hybridized carbons (Fsp3) is 0.214. The summed E-state index contributed by atoms with van der Waals surface area (Å²) >= 11 is 0. The molecular weight excluding hydrogens is 463 g/mol. The molecule has 0 fully saturated rings. The number of hydrogen-bond acceptors (Lipinski definition) is 5. The maximum absolute atomic E-state index is 14.0. The molecule has 1 atom stereocenters. The van der Waals surface area contributed by atoms with Crippen LogP contribution in [-0.4, -0.2) is 43.7 Å². The van der Waals surface area contributed by atoms with Gasteiger partial charge in [0.15, 0.2) is 11.5 Å². The summed E-state index contributed by atoms with van der Waals surface area (Å²) in [5, 5.41) is 0.759. The molecule has 4 aromatic rings. The van der Waals surface area contributed by atoms with Crippen molar-refractivity contribution in [2.75, 3.05) is 27.9 Å². The lowest BCUT2D eigenvalue weighted by Gasteiger charge is -2.38. The molecule has 184 valence electrons. The average molecular weight is 489 g/mol. The second kappa shape index (κ2) is 9.37. The molecule has 1 aliphatic rings. The molecule has 7 nitrogen and oxygen atoms in total. The Kier molecular flexibility index (Phi) is 6.10. The van der Waals surface area contributed by atoms with Crippen LogP contribution in [0.1, 0.15) is 33.1 Å². The Morgan fingerprint density at radius 1 is 0.944 bits per heavy atom. The molecule has 0 aliphatic carbocycles. The number of aromatic nitrogens is 1. The number of benzene rings is 3. The largest absolute Gasteiger partial charge is 0.497 e. The molecule has 0 saturated heterocycles. The minimum Gasteiger partial charge on any atom is -0.497 e. The van der Waals surface area contributed by atoms with Crippen molar-refractivity contribution in [3.63, 3.8) is 0 Å². The minimum absolute atomic E-state index is 0.211. The van der Waals surface area contributed by atoms with Gasteiger partial charge >= 0.3 is 0 Å². The second-order valence-electron chi connectivity index (χ2n) is 8.57. The fourth-order valence-electron chi connectivity index (χ4n) is 4.82. The molecule has 0 spiro atoms. The minimum atomic E-state index is -0.733. The van der Waals surface area contributed by atoms with Crippen LogP contribution in [0.4, 0.5) is 4.39 Å². The number of ether oxygens (including phenoxy) is 3. The first-order valence-corrected chi connectivity index (χ1v) is 11.5. The van der Waals surface area contributed by atoms with Crippen LogP contribution in [0.25, 0.3) is 10.9 Å². The van der Waals surface area contributed by atoms with E-state index >= 15 is 0 Å². The highest BCUT2D eigenvalue weighted by atomic mass is 19.1. The topological polar surface area (TPSA) is 80.9 Å². The lowest BCUT2D eigenvalue weighted by atomic mass is 9.87. The van der Waals surface area contributed by atoms with Crippen LogP contribution >= 0.6 is 0 Å². The van der Waals surface area contributed by atoms with Gasteiger partial charge in [-0.2, -0.15) is 0 Å². The molecule has 1 aliphatic heterocycles. The van der Waals surface area contributed by atoms with Crippen molar-refractivity contribution in [1.82, 2.24) is 9.88 Å². The number of carbonyl (C=O) groups is 1. The average Bonchev–Trinajstić information content (AvgIpc) is 2.90. The van der Waals surface area contributed by atoms with Gasteiger partial charge in [-0.05, 0) is 72.1 Å². The van der Waals surface area contributed by atoms with E-state index in [1.807, 2.05) is 12.1 Å². The molecule has 0 unspecified atom stereocenters. The van der Waals surface area contributed by atoms with E-state index in [0.29, 0.717) is 41.3 Å². The summed E-state index contributed by atoms with van der Waals surface area (Å²) in [7, 11) is 4.67. The number of hydrogen-bond donors (Lipinski definition) is 1. The molecule has 1 amide bonds. The highest BCUT2D eigenvalue weighted by Crippen LogP contribution is 2.41. The molecule has 1 N–H and O–H groups in total. The maximum Gasteiger partial charge on any atom is 0.254 e. The molecule has 2 heterocycles. The van der Waals surface area contributed by atoms with Crippen molar-refractivity contribution in [2.24, 2.45) is 0 Å². The normalized spacial score (nSPS) is 14.9. The highest BCUT2D eigenvalue weighted by molar-refractivity contribution is 5.95. The molecule has 36 heavy (non-hydrogen) atoms. The summed E-state index contributed by atoms with van der Waals surface area (Å²) in [6.45, 7) is 0.331. The van der Waals surface area contributed by atoms with Crippen molar-refractivity contribution in [3.8, 4) is 17.2 Å². The smallest absolute Gasteiger partial charge is 0.254 e. The van der Waals surface area contributed by atoms with E-state index in [1.54, 1.807) is 49.5 Å². The van der Waals surface area contributed by atoms with E-state index in [4.69, 9.17) is 14.2 Å². The third-order valence-corrected chi connectivity index (χ3v) is 6.58. The first kappa shape index (κ1) is 23.4. The van der Waals surface area contributed by atoms with Crippen molar-refractivity contribution in [2.45, 2.75) is 12.5 Å². The van der Waals surface area contributed by atoms with E-state index in [1.165, 1.54) is 25.3 Å². The summed E-state index contributed by atoms with van der Waals surface area (Å²) < 4.78 is 30.3. The van der Waals surface area contributed by atoms with Gasteiger partial charge in [0.05, 0.1) is 27.4 Å². The van der Waals surface area contributed by atoms with Crippen LogP contribution in [0.5, 0.6) is 17.2 Å². The van der Waals surface area contributed by atoms with Crippen molar-refractivity contribution in [3.05, 3.63) is 99.1 Å². The van der Waals surface area contributed by atoms with Crippen LogP contribution < -0.4 is 19.8 Å². The zero-order valence-corrected chi connectivity index (χ0v) is 20.1. The second-order valence-corrected chi connectivity index (χ2v) is 8.57. The van der Waals surface area contributed by atoms with Gasteiger partial charge in [0, 0.05) is 28.6 Å². The quantitative estimate of drug-likeness (QED) is 0.448. The summed E-state index contributed by atoms with van der Waals surface area (Å²) in [6.07, 6.45) is 0.534. The Balaban J connectivity index is 1.73. The zero-order valence-electron chi connectivity index (χ0n) is 20.1. The predicted octanol–water partition coefficient (Wildman–Crippen LogP) is 4.48. The van der Waals surface area contributed by atoms with Crippen LogP contribution in [0.15, 0.2) is 65.5 Å². The Hall–Kier alpha value is -4.33. The first-order chi connectivity index (χ1) is 17.4. The number of amides is 1. The maximum atomic E-state index is 14.0. The number of pyridine rings is 1. The van der Waals surface area contributed by atoms with Gasteiger partial charge in [0.25, 0.3) is 11.5 Å². The Labute approximate surface area is 207 Å². The van der Waals surface area contributed by atoms with Gasteiger partial charge in [-0.3, -0.25) is 9.59 Å². The summed E-state index contributed by atoms with van der Waals surface area (Å²) in [4.78, 5) is 31.6. The monoisotopic (exact) mass is 488 g/mol. The SMILES string of the molecule is COc1ccc2[nH]c(=O)c([C@@H]3c4cc(OC)c(OC)cc4CCN3C(=O)c3cccc(F)c3)cc2c1.